The fourth-order valence-corrected chi connectivity index (χ4v) is 4.29. The number of carbonyl (C=O) groups is 1. The lowest BCUT2D eigenvalue weighted by Gasteiger charge is -2.20. The van der Waals surface area contributed by atoms with Crippen molar-refractivity contribution in [3.05, 3.63) is 86.9 Å². The summed E-state index contributed by atoms with van der Waals surface area (Å²) in [4.78, 5) is 16.0. The second-order valence-electron chi connectivity index (χ2n) is 7.29. The Morgan fingerprint density at radius 3 is 2.70 bits per heavy atom. The molecule has 0 aliphatic carbocycles. The first kappa shape index (κ1) is 20.5. The molecular formula is C23H21Cl2N3O2. The molecule has 0 fully saturated rings. The van der Waals surface area contributed by atoms with E-state index in [0.717, 1.165) is 33.3 Å². The molecule has 7 heteroatoms. The highest BCUT2D eigenvalue weighted by Crippen LogP contribution is 2.35. The predicted molar refractivity (Wildman–Crippen MR) is 119 cm³/mol. The Bertz CT molecular complexity index is 1190. The molecule has 1 amide bonds. The number of aryl methyl sites for hydroxylation is 2. The van der Waals surface area contributed by atoms with Crippen LogP contribution in [0.2, 0.25) is 10.0 Å². The monoisotopic (exact) mass is 441 g/mol. The van der Waals surface area contributed by atoms with Gasteiger partial charge in [-0.2, -0.15) is 0 Å². The third kappa shape index (κ3) is 4.09. The Kier molecular flexibility index (Phi) is 5.84. The summed E-state index contributed by atoms with van der Waals surface area (Å²) in [5, 5.41) is 9.20. The topological polar surface area (TPSA) is 70.9 Å². The number of nitrogens with zero attached hydrogens (tertiary/aromatic N) is 1. The van der Waals surface area contributed by atoms with Crippen molar-refractivity contribution in [3.63, 3.8) is 0 Å². The van der Waals surface area contributed by atoms with Gasteiger partial charge in [0.15, 0.2) is 0 Å². The fraction of sp³-hybridized carbons (Fsp3) is 0.217. The SMILES string of the molecule is Cc1noc(C)c1CC(=O)NCC(c1ccc(Cl)cc1Cl)c1c[nH]c2ccccc12. The number of rotatable bonds is 6. The molecule has 0 radical (unpaired) electrons. The van der Waals surface area contributed by atoms with Gasteiger partial charge in [0, 0.05) is 45.2 Å². The highest BCUT2D eigenvalue weighted by Gasteiger charge is 2.22. The Morgan fingerprint density at radius 1 is 1.17 bits per heavy atom. The van der Waals surface area contributed by atoms with Crippen molar-refractivity contribution in [2.45, 2.75) is 26.2 Å². The smallest absolute Gasteiger partial charge is 0.224 e. The van der Waals surface area contributed by atoms with E-state index in [0.29, 0.717) is 22.4 Å². The third-order valence-electron chi connectivity index (χ3n) is 5.36. The lowest BCUT2D eigenvalue weighted by Crippen LogP contribution is -2.30. The van der Waals surface area contributed by atoms with Crippen LogP contribution in [0.5, 0.6) is 0 Å². The van der Waals surface area contributed by atoms with Crippen LogP contribution >= 0.6 is 23.2 Å². The molecule has 4 aromatic rings. The van der Waals surface area contributed by atoms with Crippen molar-refractivity contribution in [3.8, 4) is 0 Å². The normalized spacial score (nSPS) is 12.3. The molecule has 2 aromatic heterocycles. The predicted octanol–water partition coefficient (Wildman–Crippen LogP) is 5.57. The number of H-pyrrole nitrogens is 1. The Morgan fingerprint density at radius 2 is 1.97 bits per heavy atom. The van der Waals surface area contributed by atoms with E-state index in [2.05, 4.69) is 21.5 Å². The average Bonchev–Trinajstić information content (AvgIpc) is 3.28. The second-order valence-corrected chi connectivity index (χ2v) is 8.14. The van der Waals surface area contributed by atoms with Crippen molar-refractivity contribution in [2.75, 3.05) is 6.54 Å². The molecule has 1 unspecified atom stereocenters. The molecule has 0 aliphatic heterocycles. The van der Waals surface area contributed by atoms with Crippen LogP contribution in [0.3, 0.4) is 0 Å². The number of halogens is 2. The molecule has 154 valence electrons. The van der Waals surface area contributed by atoms with Crippen molar-refractivity contribution in [1.29, 1.82) is 0 Å². The number of hydrogen-bond acceptors (Lipinski definition) is 3. The molecule has 4 rings (SSSR count). The first-order chi connectivity index (χ1) is 14.4. The number of aromatic nitrogens is 2. The number of amides is 1. The first-order valence-corrected chi connectivity index (χ1v) is 10.4. The molecule has 2 N–H and O–H groups in total. The number of fused-ring (bicyclic) bond motifs is 1. The third-order valence-corrected chi connectivity index (χ3v) is 5.92. The summed E-state index contributed by atoms with van der Waals surface area (Å²) in [7, 11) is 0. The number of aromatic amines is 1. The summed E-state index contributed by atoms with van der Waals surface area (Å²) in [6, 6.07) is 13.5. The summed E-state index contributed by atoms with van der Waals surface area (Å²) < 4.78 is 5.16. The van der Waals surface area contributed by atoms with Crippen molar-refractivity contribution in [2.24, 2.45) is 0 Å². The summed E-state index contributed by atoms with van der Waals surface area (Å²) in [5.41, 5.74) is 4.55. The highest BCUT2D eigenvalue weighted by molar-refractivity contribution is 6.35. The van der Waals surface area contributed by atoms with E-state index in [1.54, 1.807) is 6.07 Å². The van der Waals surface area contributed by atoms with Crippen LogP contribution in [0.15, 0.2) is 53.2 Å². The molecular weight excluding hydrogens is 421 g/mol. The molecule has 1 atom stereocenters. The quantitative estimate of drug-likeness (QED) is 0.410. The minimum absolute atomic E-state index is 0.0978. The summed E-state index contributed by atoms with van der Waals surface area (Å²) >= 11 is 12.6. The molecule has 2 heterocycles. The number of hydrogen-bond donors (Lipinski definition) is 2. The summed E-state index contributed by atoms with van der Waals surface area (Å²) in [6.45, 7) is 4.04. The zero-order valence-electron chi connectivity index (χ0n) is 16.6. The lowest BCUT2D eigenvalue weighted by molar-refractivity contribution is -0.120. The molecule has 30 heavy (non-hydrogen) atoms. The number of carbonyl (C=O) groups excluding carboxylic acids is 1. The van der Waals surface area contributed by atoms with E-state index in [9.17, 15) is 4.79 Å². The number of benzene rings is 2. The maximum Gasteiger partial charge on any atom is 0.224 e. The van der Waals surface area contributed by atoms with Gasteiger partial charge in [-0.15, -0.1) is 0 Å². The number of para-hydroxylation sites is 1. The van der Waals surface area contributed by atoms with Gasteiger partial charge in [-0.25, -0.2) is 0 Å². The van der Waals surface area contributed by atoms with Crippen LogP contribution in [0.4, 0.5) is 0 Å². The first-order valence-electron chi connectivity index (χ1n) is 9.63. The van der Waals surface area contributed by atoms with Gasteiger partial charge < -0.3 is 14.8 Å². The van der Waals surface area contributed by atoms with Crippen molar-refractivity contribution >= 4 is 40.0 Å². The van der Waals surface area contributed by atoms with E-state index >= 15 is 0 Å². The van der Waals surface area contributed by atoms with Gasteiger partial charge in [0.1, 0.15) is 5.76 Å². The van der Waals surface area contributed by atoms with Crippen LogP contribution in [0.1, 0.15) is 34.1 Å². The maximum atomic E-state index is 12.7. The van der Waals surface area contributed by atoms with E-state index in [1.807, 2.05) is 50.4 Å². The van der Waals surface area contributed by atoms with Gasteiger partial charge in [0.05, 0.1) is 12.1 Å². The molecule has 0 bridgehead atoms. The fourth-order valence-electron chi connectivity index (χ4n) is 3.75. The van der Waals surface area contributed by atoms with Gasteiger partial charge in [0.25, 0.3) is 0 Å². The minimum atomic E-state index is -0.139. The van der Waals surface area contributed by atoms with Crippen LogP contribution in [-0.4, -0.2) is 22.6 Å². The molecule has 0 saturated heterocycles. The summed E-state index contributed by atoms with van der Waals surface area (Å²) in [5.74, 6) is 0.426. The Balaban J connectivity index is 1.63. The molecule has 0 saturated carbocycles. The van der Waals surface area contributed by atoms with E-state index in [-0.39, 0.29) is 18.2 Å². The zero-order valence-corrected chi connectivity index (χ0v) is 18.1. The van der Waals surface area contributed by atoms with Crippen molar-refractivity contribution < 1.29 is 9.32 Å². The van der Waals surface area contributed by atoms with Crippen LogP contribution in [0.25, 0.3) is 10.9 Å². The molecule has 0 spiro atoms. The largest absolute Gasteiger partial charge is 0.361 e. The van der Waals surface area contributed by atoms with Gasteiger partial charge in [-0.05, 0) is 43.2 Å². The van der Waals surface area contributed by atoms with Crippen molar-refractivity contribution in [1.82, 2.24) is 15.5 Å². The average molecular weight is 442 g/mol. The number of nitrogens with one attached hydrogen (secondary N) is 2. The second kappa shape index (κ2) is 8.54. The van der Waals surface area contributed by atoms with E-state index in [1.165, 1.54) is 0 Å². The summed E-state index contributed by atoms with van der Waals surface area (Å²) in [6.07, 6.45) is 2.19. The van der Waals surface area contributed by atoms with Crippen LogP contribution in [-0.2, 0) is 11.2 Å². The van der Waals surface area contributed by atoms with E-state index < -0.39 is 0 Å². The minimum Gasteiger partial charge on any atom is -0.361 e. The van der Waals surface area contributed by atoms with Crippen LogP contribution in [0, 0.1) is 13.8 Å². The van der Waals surface area contributed by atoms with E-state index in [4.69, 9.17) is 27.7 Å². The lowest BCUT2D eigenvalue weighted by atomic mass is 9.90. The molecule has 2 aromatic carbocycles. The van der Waals surface area contributed by atoms with Gasteiger partial charge in [-0.1, -0.05) is 52.6 Å². The standard InChI is InChI=1S/C23H21Cl2N3O2/c1-13-18(14(2)30-28-13)10-23(29)27-12-19(16-8-7-15(24)9-21(16)25)20-11-26-22-6-4-3-5-17(20)22/h3-9,11,19,26H,10,12H2,1-2H3,(H,27,29). The zero-order chi connectivity index (χ0) is 21.3. The Hall–Kier alpha value is -2.76. The Labute approximate surface area is 184 Å². The maximum absolute atomic E-state index is 12.7. The van der Waals surface area contributed by atoms with Gasteiger partial charge in [0.2, 0.25) is 5.91 Å². The van der Waals surface area contributed by atoms with Gasteiger partial charge in [-0.3, -0.25) is 4.79 Å². The van der Waals surface area contributed by atoms with Gasteiger partial charge >= 0.3 is 0 Å². The highest BCUT2D eigenvalue weighted by atomic mass is 35.5. The van der Waals surface area contributed by atoms with Crippen LogP contribution < -0.4 is 5.32 Å². The molecule has 5 nitrogen and oxygen atoms in total. The molecule has 0 aliphatic rings.